The Morgan fingerprint density at radius 1 is 1.10 bits per heavy atom. The maximum Gasteiger partial charge on any atom is 0.134 e. The van der Waals surface area contributed by atoms with Crippen LogP contribution >= 0.6 is 11.6 Å². The number of imidazole rings is 1. The lowest BCUT2D eigenvalue weighted by molar-refractivity contribution is 0.538. The number of para-hydroxylation sites is 1. The Labute approximate surface area is 123 Å². The zero-order chi connectivity index (χ0) is 14.3. The Morgan fingerprint density at radius 3 is 2.45 bits per heavy atom. The van der Waals surface area contributed by atoms with Gasteiger partial charge in [0.25, 0.3) is 0 Å². The molecule has 4 heteroatoms. The average Bonchev–Trinajstić information content (AvgIpc) is 2.79. The minimum Gasteiger partial charge on any atom is -0.328 e. The van der Waals surface area contributed by atoms with Crippen molar-refractivity contribution >= 4 is 22.6 Å². The molecule has 1 heterocycles. The first-order valence-corrected chi connectivity index (χ1v) is 6.85. The zero-order valence-corrected chi connectivity index (χ0v) is 12.2. The second kappa shape index (κ2) is 4.62. The van der Waals surface area contributed by atoms with Crippen LogP contribution in [0, 0.1) is 0 Å². The summed E-state index contributed by atoms with van der Waals surface area (Å²) in [6.07, 6.45) is 0. The minimum absolute atomic E-state index is 0.668. The van der Waals surface area contributed by atoms with Crippen LogP contribution in [-0.4, -0.2) is 9.55 Å². The number of halogens is 1. The summed E-state index contributed by atoms with van der Waals surface area (Å²) in [6, 6.07) is 15.7. The molecule has 3 nitrogen and oxygen atoms in total. The highest BCUT2D eigenvalue weighted by atomic mass is 35.5. The predicted molar refractivity (Wildman–Crippen MR) is 82.8 cm³/mol. The van der Waals surface area contributed by atoms with Crippen LogP contribution in [0.3, 0.4) is 0 Å². The van der Waals surface area contributed by atoms with Crippen LogP contribution in [0.15, 0.2) is 48.5 Å². The van der Waals surface area contributed by atoms with E-state index in [2.05, 4.69) is 4.98 Å². The standard InChI is InChI=1S/C16H16ClN3/c1-16(18,11-7-4-3-5-8-11)15-19-13-10-6-9-12(17)14(13)20(15)2/h3-10H,18H2,1-2H3. The normalized spacial score (nSPS) is 14.4. The Bertz CT molecular complexity index is 760. The second-order valence-corrected chi connectivity index (χ2v) is 5.58. The summed E-state index contributed by atoms with van der Waals surface area (Å²) in [5, 5.41) is 0.688. The van der Waals surface area contributed by atoms with Crippen LogP contribution in [0.1, 0.15) is 18.3 Å². The number of hydrogen-bond donors (Lipinski definition) is 1. The lowest BCUT2D eigenvalue weighted by atomic mass is 9.92. The van der Waals surface area contributed by atoms with E-state index in [-0.39, 0.29) is 0 Å². The molecule has 2 aromatic carbocycles. The monoisotopic (exact) mass is 285 g/mol. The fourth-order valence-corrected chi connectivity index (χ4v) is 2.90. The van der Waals surface area contributed by atoms with Crippen molar-refractivity contribution in [2.24, 2.45) is 12.8 Å². The third kappa shape index (κ3) is 1.90. The summed E-state index contributed by atoms with van der Waals surface area (Å²) in [7, 11) is 1.95. The Hall–Kier alpha value is -1.84. The molecule has 0 aliphatic rings. The number of nitrogens with zero attached hydrogens (tertiary/aromatic N) is 2. The summed E-state index contributed by atoms with van der Waals surface area (Å²) in [5.74, 6) is 0.798. The van der Waals surface area contributed by atoms with Crippen LogP contribution in [0.2, 0.25) is 5.02 Å². The number of aromatic nitrogens is 2. The first-order valence-electron chi connectivity index (χ1n) is 6.47. The molecule has 0 amide bonds. The first-order chi connectivity index (χ1) is 9.51. The summed E-state index contributed by atoms with van der Waals surface area (Å²) in [5.41, 5.74) is 8.68. The van der Waals surface area contributed by atoms with Gasteiger partial charge in [-0.25, -0.2) is 4.98 Å². The van der Waals surface area contributed by atoms with Crippen LogP contribution in [0.5, 0.6) is 0 Å². The van der Waals surface area contributed by atoms with Crippen molar-refractivity contribution in [2.45, 2.75) is 12.5 Å². The summed E-state index contributed by atoms with van der Waals surface area (Å²) in [4.78, 5) is 4.67. The number of nitrogens with two attached hydrogens (primary N) is 1. The Morgan fingerprint density at radius 2 is 1.80 bits per heavy atom. The molecule has 1 aromatic heterocycles. The number of hydrogen-bond acceptors (Lipinski definition) is 2. The molecule has 0 fully saturated rings. The Balaban J connectivity index is 2.25. The molecule has 20 heavy (non-hydrogen) atoms. The molecule has 3 aromatic rings. The summed E-state index contributed by atoms with van der Waals surface area (Å²) >= 11 is 6.27. The van der Waals surface area contributed by atoms with Gasteiger partial charge in [-0.3, -0.25) is 0 Å². The molecule has 0 aliphatic carbocycles. The van der Waals surface area contributed by atoms with E-state index in [0.717, 1.165) is 22.4 Å². The van der Waals surface area contributed by atoms with E-state index >= 15 is 0 Å². The smallest absolute Gasteiger partial charge is 0.134 e. The molecule has 0 radical (unpaired) electrons. The van der Waals surface area contributed by atoms with Gasteiger partial charge in [0, 0.05) is 7.05 Å². The van der Waals surface area contributed by atoms with Gasteiger partial charge >= 0.3 is 0 Å². The zero-order valence-electron chi connectivity index (χ0n) is 11.5. The van der Waals surface area contributed by atoms with Gasteiger partial charge in [-0.05, 0) is 24.6 Å². The van der Waals surface area contributed by atoms with Crippen LogP contribution < -0.4 is 5.73 Å². The fraction of sp³-hybridized carbons (Fsp3) is 0.188. The third-order valence-electron chi connectivity index (χ3n) is 3.68. The molecule has 102 valence electrons. The lowest BCUT2D eigenvalue weighted by Crippen LogP contribution is -2.37. The van der Waals surface area contributed by atoms with E-state index in [0.29, 0.717) is 5.02 Å². The number of fused-ring (bicyclic) bond motifs is 1. The van der Waals surface area contributed by atoms with Gasteiger partial charge in [0.05, 0.1) is 21.6 Å². The maximum atomic E-state index is 6.55. The quantitative estimate of drug-likeness (QED) is 0.784. The molecule has 0 saturated heterocycles. The van der Waals surface area contributed by atoms with E-state index in [1.165, 1.54) is 0 Å². The van der Waals surface area contributed by atoms with Gasteiger partial charge in [0.2, 0.25) is 0 Å². The van der Waals surface area contributed by atoms with Gasteiger partial charge in [0.1, 0.15) is 5.82 Å². The highest BCUT2D eigenvalue weighted by Gasteiger charge is 2.29. The van der Waals surface area contributed by atoms with Crippen LogP contribution in [0.25, 0.3) is 11.0 Å². The number of benzene rings is 2. The number of aryl methyl sites for hydroxylation is 1. The largest absolute Gasteiger partial charge is 0.328 e. The highest BCUT2D eigenvalue weighted by Crippen LogP contribution is 2.30. The Kier molecular flexibility index (Phi) is 3.04. The maximum absolute atomic E-state index is 6.55. The van der Waals surface area contributed by atoms with Crippen molar-refractivity contribution in [3.8, 4) is 0 Å². The molecular weight excluding hydrogens is 270 g/mol. The van der Waals surface area contributed by atoms with Gasteiger partial charge in [-0.1, -0.05) is 48.0 Å². The van der Waals surface area contributed by atoms with Gasteiger partial charge < -0.3 is 10.3 Å². The summed E-state index contributed by atoms with van der Waals surface area (Å²) < 4.78 is 1.98. The molecule has 0 bridgehead atoms. The van der Waals surface area contributed by atoms with Gasteiger partial charge in [-0.2, -0.15) is 0 Å². The molecule has 1 unspecified atom stereocenters. The van der Waals surface area contributed by atoms with Crippen molar-refractivity contribution in [1.82, 2.24) is 9.55 Å². The fourth-order valence-electron chi connectivity index (χ4n) is 2.60. The average molecular weight is 286 g/mol. The van der Waals surface area contributed by atoms with E-state index in [9.17, 15) is 0 Å². The summed E-state index contributed by atoms with van der Waals surface area (Å²) in [6.45, 7) is 1.97. The molecule has 0 saturated carbocycles. The van der Waals surface area contributed by atoms with Crippen molar-refractivity contribution < 1.29 is 0 Å². The van der Waals surface area contributed by atoms with Crippen molar-refractivity contribution in [1.29, 1.82) is 0 Å². The highest BCUT2D eigenvalue weighted by molar-refractivity contribution is 6.35. The van der Waals surface area contributed by atoms with E-state index in [1.807, 2.05) is 67.1 Å². The SMILES string of the molecule is Cn1c(C(C)(N)c2ccccc2)nc2cccc(Cl)c21. The lowest BCUT2D eigenvalue weighted by Gasteiger charge is -2.24. The van der Waals surface area contributed by atoms with Gasteiger partial charge in [0.15, 0.2) is 0 Å². The molecule has 0 aliphatic heterocycles. The molecule has 2 N–H and O–H groups in total. The van der Waals surface area contributed by atoms with Crippen molar-refractivity contribution in [3.63, 3.8) is 0 Å². The molecule has 3 rings (SSSR count). The minimum atomic E-state index is -0.668. The number of rotatable bonds is 2. The van der Waals surface area contributed by atoms with Crippen LogP contribution in [0.4, 0.5) is 0 Å². The molecule has 0 spiro atoms. The molecular formula is C16H16ClN3. The van der Waals surface area contributed by atoms with E-state index in [1.54, 1.807) is 0 Å². The van der Waals surface area contributed by atoms with E-state index < -0.39 is 5.54 Å². The van der Waals surface area contributed by atoms with Crippen molar-refractivity contribution in [2.75, 3.05) is 0 Å². The van der Waals surface area contributed by atoms with E-state index in [4.69, 9.17) is 17.3 Å². The van der Waals surface area contributed by atoms with Crippen molar-refractivity contribution in [3.05, 3.63) is 64.9 Å². The predicted octanol–water partition coefficient (Wildman–Crippen LogP) is 3.45. The topological polar surface area (TPSA) is 43.8 Å². The second-order valence-electron chi connectivity index (χ2n) is 5.17. The van der Waals surface area contributed by atoms with Crippen LogP contribution in [-0.2, 0) is 12.6 Å². The third-order valence-corrected chi connectivity index (χ3v) is 3.99. The first kappa shape index (κ1) is 13.2. The van der Waals surface area contributed by atoms with Gasteiger partial charge in [-0.15, -0.1) is 0 Å². The molecule has 1 atom stereocenters.